The van der Waals surface area contributed by atoms with Crippen molar-refractivity contribution in [2.75, 3.05) is 26.7 Å². The molecule has 1 N–H and O–H groups in total. The van der Waals surface area contributed by atoms with Crippen LogP contribution in [-0.4, -0.2) is 37.6 Å². The first-order valence-electron chi connectivity index (χ1n) is 8.46. The van der Waals surface area contributed by atoms with Gasteiger partial charge in [-0.2, -0.15) is 0 Å². The van der Waals surface area contributed by atoms with E-state index in [0.29, 0.717) is 11.5 Å². The molecule has 1 heterocycles. The van der Waals surface area contributed by atoms with Gasteiger partial charge in [0.25, 0.3) is 0 Å². The molecule has 2 fully saturated rings. The highest BCUT2D eigenvalue weighted by Gasteiger charge is 2.39. The van der Waals surface area contributed by atoms with Crippen molar-refractivity contribution in [1.82, 2.24) is 10.2 Å². The molecule has 2 aliphatic rings. The fourth-order valence-corrected chi connectivity index (χ4v) is 4.66. The molecule has 2 heteroatoms. The van der Waals surface area contributed by atoms with Gasteiger partial charge in [-0.15, -0.1) is 0 Å². The normalized spacial score (nSPS) is 35.7. The van der Waals surface area contributed by atoms with Crippen LogP contribution in [0, 0.1) is 17.3 Å². The monoisotopic (exact) mass is 266 g/mol. The number of likely N-dealkylation sites (tertiary alicyclic amines) is 1. The Morgan fingerprint density at radius 2 is 2.05 bits per heavy atom. The second-order valence-corrected chi connectivity index (χ2v) is 7.61. The fourth-order valence-electron chi connectivity index (χ4n) is 4.66. The summed E-state index contributed by atoms with van der Waals surface area (Å²) in [5.74, 6) is 1.84. The van der Waals surface area contributed by atoms with E-state index in [-0.39, 0.29) is 0 Å². The summed E-state index contributed by atoms with van der Waals surface area (Å²) < 4.78 is 0. The van der Waals surface area contributed by atoms with Crippen molar-refractivity contribution in [2.45, 2.75) is 65.3 Å². The average Bonchev–Trinajstić information content (AvgIpc) is 2.76. The maximum absolute atomic E-state index is 3.63. The van der Waals surface area contributed by atoms with Gasteiger partial charge in [0.15, 0.2) is 0 Å². The van der Waals surface area contributed by atoms with Crippen molar-refractivity contribution in [3.05, 3.63) is 0 Å². The van der Waals surface area contributed by atoms with Gasteiger partial charge >= 0.3 is 0 Å². The van der Waals surface area contributed by atoms with Crippen molar-refractivity contribution < 1.29 is 0 Å². The van der Waals surface area contributed by atoms with Crippen LogP contribution >= 0.6 is 0 Å². The summed E-state index contributed by atoms with van der Waals surface area (Å²) in [5, 5.41) is 3.63. The summed E-state index contributed by atoms with van der Waals surface area (Å²) in [5.41, 5.74) is 0.472. The van der Waals surface area contributed by atoms with E-state index in [0.717, 1.165) is 11.8 Å². The summed E-state index contributed by atoms with van der Waals surface area (Å²) in [4.78, 5) is 2.75. The lowest BCUT2D eigenvalue weighted by Gasteiger charge is -2.45. The van der Waals surface area contributed by atoms with Crippen LogP contribution in [0.4, 0.5) is 0 Å². The van der Waals surface area contributed by atoms with Gasteiger partial charge in [0.2, 0.25) is 0 Å². The van der Waals surface area contributed by atoms with Crippen molar-refractivity contribution in [2.24, 2.45) is 17.3 Å². The Balaban J connectivity index is 1.88. The minimum Gasteiger partial charge on any atom is -0.316 e. The van der Waals surface area contributed by atoms with E-state index >= 15 is 0 Å². The molecule has 1 saturated carbocycles. The highest BCUT2D eigenvalue weighted by molar-refractivity contribution is 4.94. The standard InChI is InChI=1S/C17H34N2/c1-5-7-14-9-11-19(12-14)13-15-8-6-10-17(2,3)16(15)18-4/h14-16,18H,5-13H2,1-4H3. The van der Waals surface area contributed by atoms with Crippen LogP contribution in [-0.2, 0) is 0 Å². The van der Waals surface area contributed by atoms with E-state index in [1.807, 2.05) is 0 Å². The molecule has 19 heavy (non-hydrogen) atoms. The predicted molar refractivity (Wildman–Crippen MR) is 83.4 cm³/mol. The second kappa shape index (κ2) is 6.58. The van der Waals surface area contributed by atoms with Gasteiger partial charge in [-0.3, -0.25) is 0 Å². The largest absolute Gasteiger partial charge is 0.316 e. The number of hydrogen-bond donors (Lipinski definition) is 1. The first-order chi connectivity index (χ1) is 9.06. The highest BCUT2D eigenvalue weighted by atomic mass is 15.2. The minimum absolute atomic E-state index is 0.472. The number of rotatable bonds is 5. The lowest BCUT2D eigenvalue weighted by molar-refractivity contribution is 0.0890. The molecule has 1 aliphatic carbocycles. The fraction of sp³-hybridized carbons (Fsp3) is 1.00. The number of nitrogens with zero attached hydrogens (tertiary/aromatic N) is 1. The molecule has 0 aromatic carbocycles. The molecular formula is C17H34N2. The first kappa shape index (κ1) is 15.3. The maximum Gasteiger partial charge on any atom is 0.0156 e. The minimum atomic E-state index is 0.472. The maximum atomic E-state index is 3.63. The van der Waals surface area contributed by atoms with Gasteiger partial charge in [-0.1, -0.05) is 33.6 Å². The SMILES string of the molecule is CCCC1CCN(CC2CCCC(C)(C)C2NC)C1. The second-order valence-electron chi connectivity index (χ2n) is 7.61. The van der Waals surface area contributed by atoms with Crippen LogP contribution in [0.5, 0.6) is 0 Å². The van der Waals surface area contributed by atoms with Crippen molar-refractivity contribution in [3.8, 4) is 0 Å². The molecule has 3 unspecified atom stereocenters. The molecular weight excluding hydrogens is 232 g/mol. The van der Waals surface area contributed by atoms with Crippen molar-refractivity contribution in [1.29, 1.82) is 0 Å². The Hall–Kier alpha value is -0.0800. The molecule has 0 bridgehead atoms. The lowest BCUT2D eigenvalue weighted by Crippen LogP contribution is -2.51. The molecule has 1 saturated heterocycles. The molecule has 2 nitrogen and oxygen atoms in total. The van der Waals surface area contributed by atoms with Crippen LogP contribution < -0.4 is 5.32 Å². The Bertz CT molecular complexity index is 274. The third-order valence-electron chi connectivity index (χ3n) is 5.58. The van der Waals surface area contributed by atoms with Gasteiger partial charge in [0.1, 0.15) is 0 Å². The third-order valence-corrected chi connectivity index (χ3v) is 5.58. The van der Waals surface area contributed by atoms with E-state index < -0.39 is 0 Å². The molecule has 112 valence electrons. The summed E-state index contributed by atoms with van der Waals surface area (Å²) in [6, 6.07) is 0.700. The van der Waals surface area contributed by atoms with E-state index in [4.69, 9.17) is 0 Å². The van der Waals surface area contributed by atoms with Crippen LogP contribution in [0.3, 0.4) is 0 Å². The zero-order valence-corrected chi connectivity index (χ0v) is 13.5. The lowest BCUT2D eigenvalue weighted by atomic mass is 9.68. The Labute approximate surface area is 120 Å². The summed E-state index contributed by atoms with van der Waals surface area (Å²) in [6.45, 7) is 11.3. The van der Waals surface area contributed by atoms with Gasteiger partial charge in [-0.05, 0) is 56.5 Å². The van der Waals surface area contributed by atoms with E-state index in [2.05, 4.69) is 38.0 Å². The van der Waals surface area contributed by atoms with Crippen LogP contribution in [0.1, 0.15) is 59.3 Å². The topological polar surface area (TPSA) is 15.3 Å². The predicted octanol–water partition coefficient (Wildman–Crippen LogP) is 3.52. The van der Waals surface area contributed by atoms with Gasteiger partial charge < -0.3 is 10.2 Å². The zero-order chi connectivity index (χ0) is 13.9. The van der Waals surface area contributed by atoms with Gasteiger partial charge in [0, 0.05) is 19.1 Å². The quantitative estimate of drug-likeness (QED) is 0.819. The van der Waals surface area contributed by atoms with E-state index in [1.165, 1.54) is 58.2 Å². The van der Waals surface area contributed by atoms with Gasteiger partial charge in [-0.25, -0.2) is 0 Å². The first-order valence-corrected chi connectivity index (χ1v) is 8.46. The molecule has 0 aromatic heterocycles. The van der Waals surface area contributed by atoms with Gasteiger partial charge in [0.05, 0.1) is 0 Å². The molecule has 1 aliphatic heterocycles. The van der Waals surface area contributed by atoms with Crippen LogP contribution in [0.25, 0.3) is 0 Å². The molecule has 0 amide bonds. The number of nitrogens with one attached hydrogen (secondary N) is 1. The summed E-state index contributed by atoms with van der Waals surface area (Å²) >= 11 is 0. The third kappa shape index (κ3) is 3.72. The Morgan fingerprint density at radius 1 is 1.26 bits per heavy atom. The Kier molecular flexibility index (Phi) is 5.30. The molecule has 0 spiro atoms. The molecule has 2 rings (SSSR count). The smallest absolute Gasteiger partial charge is 0.0156 e. The summed E-state index contributed by atoms with van der Waals surface area (Å²) in [6.07, 6.45) is 8.45. The average molecular weight is 266 g/mol. The van der Waals surface area contributed by atoms with Crippen molar-refractivity contribution in [3.63, 3.8) is 0 Å². The van der Waals surface area contributed by atoms with Crippen molar-refractivity contribution >= 4 is 0 Å². The molecule has 0 radical (unpaired) electrons. The van der Waals surface area contributed by atoms with Crippen LogP contribution in [0.15, 0.2) is 0 Å². The van der Waals surface area contributed by atoms with E-state index in [9.17, 15) is 0 Å². The molecule has 3 atom stereocenters. The molecule has 0 aromatic rings. The zero-order valence-electron chi connectivity index (χ0n) is 13.5. The van der Waals surface area contributed by atoms with E-state index in [1.54, 1.807) is 0 Å². The Morgan fingerprint density at radius 3 is 2.74 bits per heavy atom. The highest BCUT2D eigenvalue weighted by Crippen LogP contribution is 2.39. The van der Waals surface area contributed by atoms with Crippen LogP contribution in [0.2, 0.25) is 0 Å². The number of hydrogen-bond acceptors (Lipinski definition) is 2. The summed E-state index contributed by atoms with van der Waals surface area (Å²) in [7, 11) is 2.16.